The highest BCUT2D eigenvalue weighted by molar-refractivity contribution is 5.73. The number of amides is 1. The number of carbonyl (C=O) groups excluding carboxylic acids is 1. The molecule has 4 nitrogen and oxygen atoms in total. The zero-order valence-corrected chi connectivity index (χ0v) is 11.0. The van der Waals surface area contributed by atoms with Crippen LogP contribution < -0.4 is 5.32 Å². The van der Waals surface area contributed by atoms with Crippen molar-refractivity contribution in [2.45, 2.75) is 26.3 Å². The van der Waals surface area contributed by atoms with Crippen molar-refractivity contribution in [3.63, 3.8) is 0 Å². The topological polar surface area (TPSA) is 45.5 Å². The summed E-state index contributed by atoms with van der Waals surface area (Å²) >= 11 is 0. The molecule has 1 aromatic heterocycles. The quantitative estimate of drug-likeness (QED) is 0.885. The number of carbonyl (C=O) groups is 1. The van der Waals surface area contributed by atoms with E-state index in [1.807, 2.05) is 12.1 Å². The minimum Gasteiger partial charge on any atom is -0.465 e. The van der Waals surface area contributed by atoms with Crippen molar-refractivity contribution in [1.29, 1.82) is 0 Å². The first-order valence-corrected chi connectivity index (χ1v) is 6.33. The predicted molar refractivity (Wildman–Crippen MR) is 71.0 cm³/mol. The molecule has 1 aliphatic rings. The van der Waals surface area contributed by atoms with Gasteiger partial charge in [0, 0.05) is 32.6 Å². The molecule has 1 fully saturated rings. The fourth-order valence-electron chi connectivity index (χ4n) is 2.40. The fourth-order valence-corrected chi connectivity index (χ4v) is 2.40. The van der Waals surface area contributed by atoms with Crippen LogP contribution in [0.3, 0.4) is 0 Å². The van der Waals surface area contributed by atoms with Crippen molar-refractivity contribution < 1.29 is 9.21 Å². The third-order valence-electron chi connectivity index (χ3n) is 3.08. The van der Waals surface area contributed by atoms with Crippen LogP contribution in [0.25, 0.3) is 6.08 Å². The molecule has 2 heterocycles. The van der Waals surface area contributed by atoms with E-state index in [0.717, 1.165) is 31.8 Å². The predicted octanol–water partition coefficient (Wildman–Crippen LogP) is 1.89. The first-order chi connectivity index (χ1) is 8.63. The number of hydrogen-bond donors (Lipinski definition) is 1. The van der Waals surface area contributed by atoms with Gasteiger partial charge in [-0.1, -0.05) is 5.57 Å². The van der Waals surface area contributed by atoms with Gasteiger partial charge in [0.25, 0.3) is 0 Å². The lowest BCUT2D eigenvalue weighted by atomic mass is 10.2. The summed E-state index contributed by atoms with van der Waals surface area (Å²) in [6.07, 6.45) is 4.78. The Balaban J connectivity index is 1.82. The minimum absolute atomic E-state index is 0.0599. The lowest BCUT2D eigenvalue weighted by molar-refractivity contribution is -0.119. The van der Waals surface area contributed by atoms with Crippen molar-refractivity contribution in [2.24, 2.45) is 0 Å². The molecule has 1 aromatic rings. The molecule has 2 rings (SSSR count). The van der Waals surface area contributed by atoms with Crippen molar-refractivity contribution in [2.75, 3.05) is 19.6 Å². The second-order valence-electron chi connectivity index (χ2n) is 4.93. The molecular weight excluding hydrogens is 228 g/mol. The highest BCUT2D eigenvalue weighted by Gasteiger charge is 2.22. The molecule has 0 saturated carbocycles. The Morgan fingerprint density at radius 3 is 3.11 bits per heavy atom. The van der Waals surface area contributed by atoms with E-state index in [2.05, 4.69) is 23.2 Å². The Kier molecular flexibility index (Phi) is 4.20. The molecule has 0 spiro atoms. The van der Waals surface area contributed by atoms with E-state index in [-0.39, 0.29) is 5.91 Å². The maximum Gasteiger partial charge on any atom is 0.217 e. The second kappa shape index (κ2) is 5.87. The molecule has 0 radical (unpaired) electrons. The lowest BCUT2D eigenvalue weighted by Gasteiger charge is -2.16. The van der Waals surface area contributed by atoms with Gasteiger partial charge in [0.2, 0.25) is 5.91 Å². The van der Waals surface area contributed by atoms with Gasteiger partial charge in [0.05, 0.1) is 6.26 Å². The molecular formula is C14H20N2O2. The highest BCUT2D eigenvalue weighted by Crippen LogP contribution is 2.13. The third-order valence-corrected chi connectivity index (χ3v) is 3.08. The van der Waals surface area contributed by atoms with Crippen molar-refractivity contribution >= 4 is 12.0 Å². The summed E-state index contributed by atoms with van der Waals surface area (Å²) in [6, 6.07) is 4.15. The molecule has 1 N–H and O–H groups in total. The zero-order chi connectivity index (χ0) is 13.0. The monoisotopic (exact) mass is 248 g/mol. The van der Waals surface area contributed by atoms with Gasteiger partial charge in [-0.05, 0) is 31.6 Å². The van der Waals surface area contributed by atoms with E-state index in [0.29, 0.717) is 6.04 Å². The van der Waals surface area contributed by atoms with E-state index in [1.54, 1.807) is 13.2 Å². The molecule has 98 valence electrons. The van der Waals surface area contributed by atoms with Gasteiger partial charge in [-0.25, -0.2) is 0 Å². The summed E-state index contributed by atoms with van der Waals surface area (Å²) in [7, 11) is 0. The summed E-state index contributed by atoms with van der Waals surface area (Å²) in [4.78, 5) is 13.3. The molecule has 18 heavy (non-hydrogen) atoms. The number of nitrogens with zero attached hydrogens (tertiary/aromatic N) is 1. The van der Waals surface area contributed by atoms with Crippen LogP contribution in [0.1, 0.15) is 26.0 Å². The summed E-state index contributed by atoms with van der Waals surface area (Å²) in [5, 5.41) is 2.97. The number of furan rings is 1. The molecule has 0 aromatic carbocycles. The molecule has 1 saturated heterocycles. The van der Waals surface area contributed by atoms with Crippen LogP contribution in [0.4, 0.5) is 0 Å². The number of likely N-dealkylation sites (tertiary alicyclic amines) is 1. The van der Waals surface area contributed by atoms with E-state index < -0.39 is 0 Å². The second-order valence-corrected chi connectivity index (χ2v) is 4.93. The molecule has 1 aliphatic heterocycles. The SMILES string of the molecule is CC(=O)NC1CCN(C/C(C)=C/c2ccco2)C1. The van der Waals surface area contributed by atoms with Crippen LogP contribution in [0.5, 0.6) is 0 Å². The van der Waals surface area contributed by atoms with Crippen molar-refractivity contribution in [3.05, 3.63) is 29.7 Å². The zero-order valence-electron chi connectivity index (χ0n) is 11.0. The summed E-state index contributed by atoms with van der Waals surface area (Å²) in [6.45, 7) is 6.58. The molecule has 4 heteroatoms. The Bertz CT molecular complexity index is 423. The molecule has 0 aliphatic carbocycles. The van der Waals surface area contributed by atoms with Crippen LogP contribution in [-0.4, -0.2) is 36.5 Å². The largest absolute Gasteiger partial charge is 0.465 e. The molecule has 1 unspecified atom stereocenters. The molecule has 1 amide bonds. The Morgan fingerprint density at radius 2 is 2.44 bits per heavy atom. The van der Waals surface area contributed by atoms with Crippen LogP contribution in [0, 0.1) is 0 Å². The minimum atomic E-state index is 0.0599. The van der Waals surface area contributed by atoms with Gasteiger partial charge < -0.3 is 9.73 Å². The van der Waals surface area contributed by atoms with Gasteiger partial charge in [-0.15, -0.1) is 0 Å². The summed E-state index contributed by atoms with van der Waals surface area (Å²) in [5.74, 6) is 0.954. The Hall–Kier alpha value is -1.55. The first kappa shape index (κ1) is 12.9. The summed E-state index contributed by atoms with van der Waals surface area (Å²) < 4.78 is 5.29. The maximum absolute atomic E-state index is 11.0. The smallest absolute Gasteiger partial charge is 0.217 e. The van der Waals surface area contributed by atoms with Gasteiger partial charge in [-0.3, -0.25) is 9.69 Å². The van der Waals surface area contributed by atoms with Crippen LogP contribution in [0.15, 0.2) is 28.4 Å². The third kappa shape index (κ3) is 3.74. The summed E-state index contributed by atoms with van der Waals surface area (Å²) in [5.41, 5.74) is 1.27. The maximum atomic E-state index is 11.0. The first-order valence-electron chi connectivity index (χ1n) is 6.33. The van der Waals surface area contributed by atoms with E-state index >= 15 is 0 Å². The number of hydrogen-bond acceptors (Lipinski definition) is 3. The number of rotatable bonds is 4. The normalized spacial score (nSPS) is 21.2. The van der Waals surface area contributed by atoms with Gasteiger partial charge in [-0.2, -0.15) is 0 Å². The standard InChI is InChI=1S/C14H20N2O2/c1-11(8-14-4-3-7-18-14)9-16-6-5-13(10-16)15-12(2)17/h3-4,7-8,13H,5-6,9-10H2,1-2H3,(H,15,17)/b11-8+. The van der Waals surface area contributed by atoms with Crippen molar-refractivity contribution in [1.82, 2.24) is 10.2 Å². The highest BCUT2D eigenvalue weighted by atomic mass is 16.3. The van der Waals surface area contributed by atoms with Gasteiger partial charge in [0.15, 0.2) is 0 Å². The molecule has 0 bridgehead atoms. The van der Waals surface area contributed by atoms with E-state index in [1.165, 1.54) is 5.57 Å². The van der Waals surface area contributed by atoms with Gasteiger partial charge >= 0.3 is 0 Å². The van der Waals surface area contributed by atoms with Crippen LogP contribution >= 0.6 is 0 Å². The average Bonchev–Trinajstić information content (AvgIpc) is 2.89. The van der Waals surface area contributed by atoms with Crippen LogP contribution in [0.2, 0.25) is 0 Å². The van der Waals surface area contributed by atoms with Crippen molar-refractivity contribution in [3.8, 4) is 0 Å². The fraction of sp³-hybridized carbons (Fsp3) is 0.500. The lowest BCUT2D eigenvalue weighted by Crippen LogP contribution is -2.35. The average molecular weight is 248 g/mol. The van der Waals surface area contributed by atoms with Gasteiger partial charge in [0.1, 0.15) is 5.76 Å². The Morgan fingerprint density at radius 1 is 1.61 bits per heavy atom. The molecule has 1 atom stereocenters. The van der Waals surface area contributed by atoms with Crippen LogP contribution in [-0.2, 0) is 4.79 Å². The Labute approximate surface area is 108 Å². The number of nitrogens with one attached hydrogen (secondary N) is 1. The van der Waals surface area contributed by atoms with E-state index in [9.17, 15) is 4.79 Å². The van der Waals surface area contributed by atoms with E-state index in [4.69, 9.17) is 4.42 Å².